The van der Waals surface area contributed by atoms with Crippen molar-refractivity contribution in [3.05, 3.63) is 106 Å². The first-order valence-corrected chi connectivity index (χ1v) is 14.4. The van der Waals surface area contributed by atoms with Gasteiger partial charge in [-0.3, -0.25) is 14.5 Å². The molecule has 10 heteroatoms. The normalized spacial score (nSPS) is 19.8. The number of aliphatic hydroxyl groups is 1. The minimum absolute atomic E-state index is 0.0251. The van der Waals surface area contributed by atoms with E-state index in [2.05, 4.69) is 10.2 Å². The van der Waals surface area contributed by atoms with Crippen molar-refractivity contribution in [2.45, 2.75) is 35.6 Å². The van der Waals surface area contributed by atoms with Crippen LogP contribution in [0.2, 0.25) is 5.02 Å². The Morgan fingerprint density at radius 2 is 1.92 bits per heavy atom. The summed E-state index contributed by atoms with van der Waals surface area (Å²) >= 11 is 9.03. The summed E-state index contributed by atoms with van der Waals surface area (Å²) in [6.45, 7) is 1.97. The number of aliphatic hydroxyl groups excluding tert-OH is 1. The van der Waals surface area contributed by atoms with Crippen LogP contribution in [0.25, 0.3) is 5.76 Å². The maximum Gasteiger partial charge on any atom is 0.301 e. The van der Waals surface area contributed by atoms with Gasteiger partial charge in [0.05, 0.1) is 11.6 Å². The van der Waals surface area contributed by atoms with Crippen LogP contribution in [0, 0.1) is 0 Å². The number of rotatable bonds is 6. The monoisotopic (exact) mass is 575 g/mol. The third-order valence-corrected chi connectivity index (χ3v) is 8.95. The van der Waals surface area contributed by atoms with Gasteiger partial charge in [-0.2, -0.15) is 0 Å². The van der Waals surface area contributed by atoms with Crippen LogP contribution in [0.4, 0.5) is 5.13 Å². The van der Waals surface area contributed by atoms with Crippen LogP contribution in [-0.2, 0) is 21.8 Å². The van der Waals surface area contributed by atoms with Crippen LogP contribution in [0.15, 0.2) is 82.7 Å². The number of hydrogen-bond donors (Lipinski definition) is 1. The number of benzene rings is 3. The predicted molar refractivity (Wildman–Crippen MR) is 152 cm³/mol. The van der Waals surface area contributed by atoms with Gasteiger partial charge in [0.1, 0.15) is 17.6 Å². The number of anilines is 1. The Bertz CT molecular complexity index is 1620. The lowest BCUT2D eigenvalue weighted by atomic mass is 9.94. The quantitative estimate of drug-likeness (QED) is 0.0930. The topological polar surface area (TPSA) is 92.6 Å². The number of nitrogens with zero attached hydrogens (tertiary/aromatic N) is 3. The highest BCUT2D eigenvalue weighted by atomic mass is 35.5. The van der Waals surface area contributed by atoms with E-state index in [1.807, 2.05) is 37.3 Å². The molecule has 6 rings (SSSR count). The van der Waals surface area contributed by atoms with Gasteiger partial charge in [0, 0.05) is 22.8 Å². The standard InChI is InChI=1S/C29H22ClN3O4S2/c1-16-12-20-13-19(10-11-22(20)37-16)25(34)23-24(18-8-5-9-21(30)14-18)33(27(36)26(23)35)28-31-32-29(39-28)38-15-17-6-3-2-4-7-17/h2-11,13-14,16,24,34H,12,15H2,1H3/b25-23+/t16-,24+/m0/s1. The molecule has 1 aromatic heterocycles. The average molecular weight is 576 g/mol. The number of amides is 1. The lowest BCUT2D eigenvalue weighted by Gasteiger charge is -2.22. The Balaban J connectivity index is 1.40. The van der Waals surface area contributed by atoms with E-state index in [0.717, 1.165) is 16.9 Å². The smallest absolute Gasteiger partial charge is 0.301 e. The van der Waals surface area contributed by atoms with E-state index in [0.29, 0.717) is 32.7 Å². The molecular formula is C29H22ClN3O4S2. The number of hydrogen-bond acceptors (Lipinski definition) is 8. The molecule has 0 bridgehead atoms. The number of fused-ring (bicyclic) bond motifs is 1. The fourth-order valence-electron chi connectivity index (χ4n) is 4.82. The zero-order chi connectivity index (χ0) is 27.1. The summed E-state index contributed by atoms with van der Waals surface area (Å²) in [6, 6.07) is 21.2. The minimum atomic E-state index is -0.924. The number of aromatic nitrogens is 2. The maximum absolute atomic E-state index is 13.5. The van der Waals surface area contributed by atoms with E-state index in [9.17, 15) is 14.7 Å². The summed E-state index contributed by atoms with van der Waals surface area (Å²) in [6.07, 6.45) is 0.720. The van der Waals surface area contributed by atoms with Crippen LogP contribution in [0.1, 0.15) is 35.2 Å². The highest BCUT2D eigenvalue weighted by Gasteiger charge is 2.48. The van der Waals surface area contributed by atoms with Gasteiger partial charge >= 0.3 is 5.91 Å². The van der Waals surface area contributed by atoms with Crippen molar-refractivity contribution in [1.29, 1.82) is 0 Å². The second kappa shape index (κ2) is 10.5. The van der Waals surface area contributed by atoms with E-state index in [1.54, 1.807) is 42.5 Å². The van der Waals surface area contributed by atoms with Crippen molar-refractivity contribution in [1.82, 2.24) is 10.2 Å². The zero-order valence-corrected chi connectivity index (χ0v) is 23.1. The molecule has 39 heavy (non-hydrogen) atoms. The van der Waals surface area contributed by atoms with E-state index >= 15 is 0 Å². The first kappa shape index (κ1) is 25.6. The largest absolute Gasteiger partial charge is 0.507 e. The molecule has 7 nitrogen and oxygen atoms in total. The molecule has 0 aliphatic carbocycles. The highest BCUT2D eigenvalue weighted by molar-refractivity contribution is 8.00. The van der Waals surface area contributed by atoms with Crippen LogP contribution in [-0.4, -0.2) is 33.1 Å². The van der Waals surface area contributed by atoms with Gasteiger partial charge in [-0.1, -0.05) is 77.2 Å². The van der Waals surface area contributed by atoms with Crippen molar-refractivity contribution < 1.29 is 19.4 Å². The number of carbonyl (C=O) groups excluding carboxylic acids is 2. The fourth-order valence-corrected chi connectivity index (χ4v) is 6.85. The molecule has 3 aromatic carbocycles. The van der Waals surface area contributed by atoms with Crippen LogP contribution >= 0.6 is 34.7 Å². The number of halogens is 1. The number of Topliss-reactive ketones (excluding diaryl/α,β-unsaturated/α-hetero) is 1. The number of ketones is 1. The molecule has 3 heterocycles. The van der Waals surface area contributed by atoms with Gasteiger partial charge in [0.2, 0.25) is 5.13 Å². The lowest BCUT2D eigenvalue weighted by molar-refractivity contribution is -0.132. The summed E-state index contributed by atoms with van der Waals surface area (Å²) in [5.41, 5.74) is 3.06. The van der Waals surface area contributed by atoms with E-state index in [1.165, 1.54) is 28.0 Å². The number of carbonyl (C=O) groups is 2. The first-order valence-electron chi connectivity index (χ1n) is 12.3. The van der Waals surface area contributed by atoms with E-state index < -0.39 is 17.7 Å². The minimum Gasteiger partial charge on any atom is -0.507 e. The summed E-state index contributed by atoms with van der Waals surface area (Å²) in [4.78, 5) is 28.2. The summed E-state index contributed by atoms with van der Waals surface area (Å²) in [7, 11) is 0. The van der Waals surface area contributed by atoms with Crippen LogP contribution in [0.3, 0.4) is 0 Å². The molecule has 0 unspecified atom stereocenters. The van der Waals surface area contributed by atoms with Crippen molar-refractivity contribution in [3.8, 4) is 5.75 Å². The first-order chi connectivity index (χ1) is 18.9. The molecule has 2 aliphatic heterocycles. The van der Waals surface area contributed by atoms with Crippen molar-refractivity contribution in [3.63, 3.8) is 0 Å². The lowest BCUT2D eigenvalue weighted by Crippen LogP contribution is -2.29. The van der Waals surface area contributed by atoms with Gasteiger partial charge in [-0.25, -0.2) is 0 Å². The molecule has 1 amide bonds. The van der Waals surface area contributed by atoms with Crippen molar-refractivity contribution >= 4 is 57.3 Å². The van der Waals surface area contributed by atoms with Crippen molar-refractivity contribution in [2.24, 2.45) is 0 Å². The highest BCUT2D eigenvalue weighted by Crippen LogP contribution is 2.45. The summed E-state index contributed by atoms with van der Waals surface area (Å²) in [5, 5.41) is 20.7. The Labute approximate surface area is 238 Å². The van der Waals surface area contributed by atoms with E-state index in [-0.39, 0.29) is 22.6 Å². The van der Waals surface area contributed by atoms with Gasteiger partial charge in [-0.05, 0) is 53.9 Å². The van der Waals surface area contributed by atoms with Crippen LogP contribution < -0.4 is 9.64 Å². The Morgan fingerprint density at radius 1 is 1.10 bits per heavy atom. The Kier molecular flexibility index (Phi) is 6.88. The van der Waals surface area contributed by atoms with Crippen molar-refractivity contribution in [2.75, 3.05) is 4.90 Å². The maximum atomic E-state index is 13.5. The molecule has 1 fully saturated rings. The Morgan fingerprint density at radius 3 is 2.72 bits per heavy atom. The molecule has 0 radical (unpaired) electrons. The van der Waals surface area contributed by atoms with Crippen LogP contribution in [0.5, 0.6) is 5.75 Å². The zero-order valence-electron chi connectivity index (χ0n) is 20.7. The number of thioether (sulfide) groups is 1. The van der Waals surface area contributed by atoms with Gasteiger partial charge in [-0.15, -0.1) is 10.2 Å². The van der Waals surface area contributed by atoms with E-state index in [4.69, 9.17) is 16.3 Å². The predicted octanol–water partition coefficient (Wildman–Crippen LogP) is 6.43. The van der Waals surface area contributed by atoms with Gasteiger partial charge in [0.15, 0.2) is 4.34 Å². The molecule has 2 atom stereocenters. The molecule has 2 aliphatic rings. The molecule has 4 aromatic rings. The molecule has 1 N–H and O–H groups in total. The summed E-state index contributed by atoms with van der Waals surface area (Å²) < 4.78 is 6.44. The number of ether oxygens (including phenoxy) is 1. The molecular weight excluding hydrogens is 554 g/mol. The fraction of sp³-hybridized carbons (Fsp3) is 0.172. The molecule has 0 saturated carbocycles. The molecule has 1 saturated heterocycles. The summed E-state index contributed by atoms with van der Waals surface area (Å²) in [5.74, 6) is -0.398. The van der Waals surface area contributed by atoms with Gasteiger partial charge < -0.3 is 9.84 Å². The molecule has 196 valence electrons. The SMILES string of the molecule is C[C@H]1Cc2cc(/C(O)=C3\C(=O)C(=O)N(c4nnc(SCc5ccccc5)s4)[C@@H]3c3cccc(Cl)c3)ccc2O1. The second-order valence-corrected chi connectivity index (χ2v) is 11.9. The second-order valence-electron chi connectivity index (χ2n) is 9.30. The van der Waals surface area contributed by atoms with Gasteiger partial charge in [0.25, 0.3) is 5.78 Å². The third kappa shape index (κ3) is 4.93. The average Bonchev–Trinajstić information content (AvgIpc) is 3.62. The Hall–Kier alpha value is -3.66. The molecule has 0 spiro atoms. The third-order valence-electron chi connectivity index (χ3n) is 6.59.